The minimum Gasteiger partial charge on any atom is -0.274 e. The van der Waals surface area contributed by atoms with Crippen LogP contribution in [-0.2, 0) is 31.0 Å². The molecule has 10 rings (SSSR count). The fraction of sp³-hybridized carbons (Fsp3) is 0.509. The van der Waals surface area contributed by atoms with Gasteiger partial charge >= 0.3 is 6.18 Å². The fourth-order valence-corrected chi connectivity index (χ4v) is 12.5. The molecule has 4 fully saturated rings. The summed E-state index contributed by atoms with van der Waals surface area (Å²) in [4.78, 5) is 56.5. The summed E-state index contributed by atoms with van der Waals surface area (Å²) in [6, 6.07) is 13.4. The van der Waals surface area contributed by atoms with Crippen LogP contribution in [-0.4, -0.2) is 29.8 Å². The first-order chi connectivity index (χ1) is 29.5. The van der Waals surface area contributed by atoms with Crippen LogP contribution >= 0.6 is 0 Å². The molecule has 9 heteroatoms. The van der Waals surface area contributed by atoms with Crippen molar-refractivity contribution in [3.8, 4) is 0 Å². The summed E-state index contributed by atoms with van der Waals surface area (Å²) in [5, 5.41) is 0. The molecule has 0 aromatic heterocycles. The minimum absolute atomic E-state index is 0.0251. The highest BCUT2D eigenvalue weighted by Gasteiger charge is 2.62. The molecule has 2 heterocycles. The molecule has 3 aromatic rings. The van der Waals surface area contributed by atoms with E-state index in [1.807, 2.05) is 24.3 Å². The van der Waals surface area contributed by atoms with Gasteiger partial charge in [0, 0.05) is 0 Å². The molecule has 0 spiro atoms. The van der Waals surface area contributed by atoms with Crippen LogP contribution in [0.25, 0.3) is 0 Å². The summed E-state index contributed by atoms with van der Waals surface area (Å²) in [6.07, 6.45) is 15.6. The maximum absolute atomic E-state index is 15.3. The van der Waals surface area contributed by atoms with Crippen molar-refractivity contribution >= 4 is 35.0 Å². The Morgan fingerprint density at radius 3 is 1.50 bits per heavy atom. The molecule has 6 nitrogen and oxygen atoms in total. The van der Waals surface area contributed by atoms with Crippen LogP contribution < -0.4 is 9.80 Å². The van der Waals surface area contributed by atoms with Gasteiger partial charge in [0.1, 0.15) is 5.41 Å². The number of carbonyl (C=O) groups excluding carboxylic acids is 4. The summed E-state index contributed by atoms with van der Waals surface area (Å²) in [7, 11) is 0. The number of halogens is 3. The van der Waals surface area contributed by atoms with Crippen molar-refractivity contribution in [3.63, 3.8) is 0 Å². The number of hydrogen-bond acceptors (Lipinski definition) is 4. The Morgan fingerprint density at radius 2 is 1.06 bits per heavy atom. The quantitative estimate of drug-likeness (QED) is 0.129. The topological polar surface area (TPSA) is 74.8 Å². The lowest BCUT2D eigenvalue weighted by Gasteiger charge is -2.35. The van der Waals surface area contributed by atoms with Crippen molar-refractivity contribution in [2.75, 3.05) is 9.80 Å². The molecule has 9 atom stereocenters. The standard InChI is InChI=1S/C35H31F3N2O4.C18H28/c1-16-4-10-22(14-24(16)39-30(41)26-18-6-7-19(12-18)27(26)31(39)42)34(3,35(36,37)38)23-11-5-17(2)25(15-23)40-32(43)28-20-8-9-21(13-20)29(28)33(40)44;1-4-5-6-9-16-10-7-8-11-17-13-18(16)15(3)12-14(17)2/h4-11,14-15,18-21,26-29H,12-13H2,1-3H3;12-13,16H,4-11H2,1-3H3. The van der Waals surface area contributed by atoms with Gasteiger partial charge in [-0.15, -0.1) is 0 Å². The van der Waals surface area contributed by atoms with Gasteiger partial charge in [0.25, 0.3) is 0 Å². The number of alkyl halides is 3. The van der Waals surface area contributed by atoms with Gasteiger partial charge in [-0.2, -0.15) is 13.2 Å². The normalized spacial score (nSPS) is 30.1. The molecule has 326 valence electrons. The molecule has 9 unspecified atom stereocenters. The maximum Gasteiger partial charge on any atom is 0.402 e. The molecule has 0 N–H and O–H groups in total. The second-order valence-corrected chi connectivity index (χ2v) is 19.7. The van der Waals surface area contributed by atoms with E-state index < -0.39 is 35.3 Å². The first-order valence-corrected chi connectivity index (χ1v) is 23.1. The number of allylic oxidation sites excluding steroid dienone is 4. The van der Waals surface area contributed by atoms with Crippen molar-refractivity contribution in [1.29, 1.82) is 0 Å². The van der Waals surface area contributed by atoms with Crippen molar-refractivity contribution in [2.45, 2.75) is 123 Å². The highest BCUT2D eigenvalue weighted by Crippen LogP contribution is 2.56. The largest absolute Gasteiger partial charge is 0.402 e. The summed E-state index contributed by atoms with van der Waals surface area (Å²) in [5.74, 6) is -2.61. The van der Waals surface area contributed by atoms with E-state index in [1.54, 1.807) is 25.0 Å². The third-order valence-electron chi connectivity index (χ3n) is 16.1. The van der Waals surface area contributed by atoms with Crippen molar-refractivity contribution in [1.82, 2.24) is 0 Å². The van der Waals surface area contributed by atoms with Crippen LogP contribution in [0.3, 0.4) is 0 Å². The lowest BCUT2D eigenvalue weighted by molar-refractivity contribution is -0.173. The average Bonchev–Trinajstić information content (AvgIpc) is 4.09. The third kappa shape index (κ3) is 6.65. The lowest BCUT2D eigenvalue weighted by atomic mass is 9.74. The van der Waals surface area contributed by atoms with Gasteiger partial charge in [-0.1, -0.05) is 93.3 Å². The van der Waals surface area contributed by atoms with Gasteiger partial charge in [-0.25, -0.2) is 9.80 Å². The predicted octanol–water partition coefficient (Wildman–Crippen LogP) is 11.5. The van der Waals surface area contributed by atoms with E-state index in [-0.39, 0.29) is 69.8 Å². The van der Waals surface area contributed by atoms with E-state index >= 15 is 13.2 Å². The van der Waals surface area contributed by atoms with E-state index in [9.17, 15) is 19.2 Å². The number of fused-ring (bicyclic) bond motifs is 12. The Labute approximate surface area is 364 Å². The highest BCUT2D eigenvalue weighted by molar-refractivity contribution is 6.24. The number of carbonyl (C=O) groups is 4. The van der Waals surface area contributed by atoms with Crippen LogP contribution in [0.1, 0.15) is 122 Å². The van der Waals surface area contributed by atoms with Crippen LogP contribution in [0.5, 0.6) is 0 Å². The molecule has 4 amide bonds. The van der Waals surface area contributed by atoms with Gasteiger partial charge in [-0.3, -0.25) is 19.2 Å². The monoisotopic (exact) mass is 844 g/mol. The van der Waals surface area contributed by atoms with Gasteiger partial charge in [0.05, 0.1) is 35.0 Å². The molecule has 2 saturated carbocycles. The van der Waals surface area contributed by atoms with Crippen molar-refractivity contribution in [3.05, 3.63) is 117 Å². The number of nitrogens with zero attached hydrogens (tertiary/aromatic N) is 2. The van der Waals surface area contributed by atoms with Crippen molar-refractivity contribution in [2.24, 2.45) is 47.3 Å². The third-order valence-corrected chi connectivity index (χ3v) is 16.1. The smallest absolute Gasteiger partial charge is 0.274 e. The SMILES string of the molecule is CCCCCC1CCCCc2cc1c(C)cc2C.Cc1ccc(C(C)(c2ccc(C)c(N3C(=O)C4C5C=CC(C5)C4C3=O)c2)C(F)(F)F)cc1N1C(=O)C2C3C=CC(C3)C2C1=O. The zero-order valence-electron chi connectivity index (χ0n) is 36.9. The number of imide groups is 2. The number of aryl methyl sites for hydroxylation is 5. The summed E-state index contributed by atoms with van der Waals surface area (Å²) < 4.78 is 45.9. The number of hydrogen-bond donors (Lipinski definition) is 0. The Hall–Kier alpha value is -4.79. The molecule has 6 bridgehead atoms. The second kappa shape index (κ2) is 15.8. The molecular formula is C53H59F3N2O4. The Balaban J connectivity index is 0.000000229. The Kier molecular flexibility index (Phi) is 10.8. The van der Waals surface area contributed by atoms with Crippen LogP contribution in [0.4, 0.5) is 24.5 Å². The molecule has 0 radical (unpaired) electrons. The van der Waals surface area contributed by atoms with E-state index in [0.717, 1.165) is 35.5 Å². The number of anilines is 2. The van der Waals surface area contributed by atoms with Gasteiger partial charge in [0.15, 0.2) is 0 Å². The number of unbranched alkanes of at least 4 members (excludes halogenated alkanes) is 2. The van der Waals surface area contributed by atoms with Gasteiger partial charge in [-0.05, 0) is 159 Å². The van der Waals surface area contributed by atoms with Crippen molar-refractivity contribution < 1.29 is 32.3 Å². The molecule has 2 saturated heterocycles. The van der Waals surface area contributed by atoms with Gasteiger partial charge < -0.3 is 0 Å². The highest BCUT2D eigenvalue weighted by atomic mass is 19.4. The predicted molar refractivity (Wildman–Crippen MR) is 236 cm³/mol. The number of rotatable bonds is 8. The molecular weight excluding hydrogens is 786 g/mol. The van der Waals surface area contributed by atoms with E-state index in [1.165, 1.54) is 98.9 Å². The fourth-order valence-electron chi connectivity index (χ4n) is 12.5. The number of amides is 4. The average molecular weight is 845 g/mol. The Bertz CT molecular complexity index is 2240. The van der Waals surface area contributed by atoms with E-state index in [4.69, 9.17) is 0 Å². The summed E-state index contributed by atoms with van der Waals surface area (Å²) in [6.45, 7) is 11.3. The second-order valence-electron chi connectivity index (χ2n) is 19.7. The lowest BCUT2D eigenvalue weighted by Crippen LogP contribution is -2.41. The molecule has 2 aliphatic heterocycles. The van der Waals surface area contributed by atoms with Crippen LogP contribution in [0.2, 0.25) is 0 Å². The van der Waals surface area contributed by atoms with Crippen LogP contribution in [0.15, 0.2) is 72.8 Å². The Morgan fingerprint density at radius 1 is 0.597 bits per heavy atom. The molecule has 5 aliphatic carbocycles. The summed E-state index contributed by atoms with van der Waals surface area (Å²) in [5.41, 5.74) is 4.80. The van der Waals surface area contributed by atoms with Crippen LogP contribution in [0, 0.1) is 75.0 Å². The first-order valence-electron chi connectivity index (χ1n) is 23.1. The minimum atomic E-state index is -4.80. The molecule has 62 heavy (non-hydrogen) atoms. The molecule has 7 aliphatic rings. The van der Waals surface area contributed by atoms with E-state index in [2.05, 4.69) is 32.9 Å². The summed E-state index contributed by atoms with van der Waals surface area (Å²) >= 11 is 0. The maximum atomic E-state index is 15.3. The zero-order valence-corrected chi connectivity index (χ0v) is 36.9. The van der Waals surface area contributed by atoms with Gasteiger partial charge in [0.2, 0.25) is 23.6 Å². The first kappa shape index (κ1) is 42.5. The van der Waals surface area contributed by atoms with E-state index in [0.29, 0.717) is 11.1 Å². The zero-order chi connectivity index (χ0) is 44.0. The molecule has 3 aromatic carbocycles. The number of benzene rings is 3.